The molecule has 2 fully saturated rings. The van der Waals surface area contributed by atoms with Gasteiger partial charge in [-0.3, -0.25) is 19.8 Å². The summed E-state index contributed by atoms with van der Waals surface area (Å²) in [6.07, 6.45) is 3.19. The summed E-state index contributed by atoms with van der Waals surface area (Å²) in [6, 6.07) is 6.00. The van der Waals surface area contributed by atoms with E-state index in [4.69, 9.17) is 17.0 Å². The van der Waals surface area contributed by atoms with E-state index in [0.29, 0.717) is 0 Å². The summed E-state index contributed by atoms with van der Waals surface area (Å²) in [5, 5.41) is 2.66. The summed E-state index contributed by atoms with van der Waals surface area (Å²) < 4.78 is 5.38. The minimum Gasteiger partial charge on any atom is -0.378 e. The monoisotopic (exact) mass is 371 g/mol. The van der Waals surface area contributed by atoms with Gasteiger partial charge in [0, 0.05) is 25.3 Å². The molecule has 2 amide bonds. The molecule has 1 aromatic carbocycles. The molecule has 0 saturated carbocycles. The van der Waals surface area contributed by atoms with Crippen LogP contribution < -0.4 is 10.2 Å². The first-order valence-corrected chi connectivity index (χ1v) is 8.85. The molecule has 2 aliphatic rings. The number of morpholine rings is 1. The van der Waals surface area contributed by atoms with Gasteiger partial charge in [0.05, 0.1) is 13.2 Å². The summed E-state index contributed by atoms with van der Waals surface area (Å²) in [6.45, 7) is 8.99. The standard InChI is InChI=1S/C19H21N3O3S/c1-3-6-22-18(24)16(17(23)20-19(22)26)12-14-4-5-15(11-13(14)2)21-7-9-25-10-8-21/h3-5,11-12H,1,6-10H2,2H3,(H,20,23,26)/b16-12+. The number of anilines is 1. The number of thiocarbonyl (C=S) groups is 1. The van der Waals surface area contributed by atoms with Gasteiger partial charge in [-0.05, 0) is 48.5 Å². The molecular formula is C19H21N3O3S. The third-order valence-corrected chi connectivity index (χ3v) is 4.75. The van der Waals surface area contributed by atoms with Crippen LogP contribution in [0.4, 0.5) is 5.69 Å². The lowest BCUT2D eigenvalue weighted by atomic mass is 10.0. The lowest BCUT2D eigenvalue weighted by Gasteiger charge is -2.29. The molecule has 2 saturated heterocycles. The van der Waals surface area contributed by atoms with Gasteiger partial charge in [-0.2, -0.15) is 0 Å². The van der Waals surface area contributed by atoms with E-state index in [1.54, 1.807) is 12.2 Å². The van der Waals surface area contributed by atoms with Gasteiger partial charge in [0.2, 0.25) is 0 Å². The molecule has 2 heterocycles. The number of ether oxygens (including phenoxy) is 1. The Balaban J connectivity index is 1.88. The number of carbonyl (C=O) groups excluding carboxylic acids is 2. The predicted octanol–water partition coefficient (Wildman–Crippen LogP) is 1.64. The number of nitrogens with one attached hydrogen (secondary N) is 1. The van der Waals surface area contributed by atoms with Crippen LogP contribution in [0.2, 0.25) is 0 Å². The third-order valence-electron chi connectivity index (χ3n) is 4.43. The van der Waals surface area contributed by atoms with Crippen LogP contribution >= 0.6 is 12.2 Å². The second-order valence-corrected chi connectivity index (χ2v) is 6.55. The first-order chi connectivity index (χ1) is 12.5. The van der Waals surface area contributed by atoms with E-state index in [-0.39, 0.29) is 17.2 Å². The molecule has 0 aliphatic carbocycles. The highest BCUT2D eigenvalue weighted by molar-refractivity contribution is 7.80. The van der Waals surface area contributed by atoms with E-state index in [0.717, 1.165) is 43.1 Å². The molecule has 0 radical (unpaired) electrons. The molecule has 3 rings (SSSR count). The molecule has 0 spiro atoms. The van der Waals surface area contributed by atoms with Crippen LogP contribution in [-0.2, 0) is 14.3 Å². The van der Waals surface area contributed by atoms with E-state index in [1.807, 2.05) is 19.1 Å². The molecule has 26 heavy (non-hydrogen) atoms. The zero-order valence-corrected chi connectivity index (χ0v) is 15.5. The Bertz CT molecular complexity index is 797. The summed E-state index contributed by atoms with van der Waals surface area (Å²) in [7, 11) is 0. The van der Waals surface area contributed by atoms with E-state index in [2.05, 4.69) is 22.9 Å². The van der Waals surface area contributed by atoms with Gasteiger partial charge in [0.15, 0.2) is 5.11 Å². The van der Waals surface area contributed by atoms with E-state index < -0.39 is 11.8 Å². The highest BCUT2D eigenvalue weighted by Crippen LogP contribution is 2.23. The zero-order valence-electron chi connectivity index (χ0n) is 14.7. The minimum atomic E-state index is -0.475. The number of rotatable bonds is 4. The first-order valence-electron chi connectivity index (χ1n) is 8.44. The fourth-order valence-electron chi connectivity index (χ4n) is 2.98. The van der Waals surface area contributed by atoms with Gasteiger partial charge in [-0.1, -0.05) is 12.1 Å². The van der Waals surface area contributed by atoms with Crippen molar-refractivity contribution < 1.29 is 14.3 Å². The van der Waals surface area contributed by atoms with Gasteiger partial charge in [-0.25, -0.2) is 0 Å². The van der Waals surface area contributed by atoms with Crippen molar-refractivity contribution in [1.29, 1.82) is 0 Å². The topological polar surface area (TPSA) is 61.9 Å². The Kier molecular flexibility index (Phi) is 5.49. The van der Waals surface area contributed by atoms with Crippen LogP contribution in [0.1, 0.15) is 11.1 Å². The number of aryl methyl sites for hydroxylation is 1. The largest absolute Gasteiger partial charge is 0.378 e. The van der Waals surface area contributed by atoms with Crippen LogP contribution in [-0.4, -0.2) is 54.7 Å². The number of benzene rings is 1. The van der Waals surface area contributed by atoms with Gasteiger partial charge < -0.3 is 9.64 Å². The van der Waals surface area contributed by atoms with Gasteiger partial charge in [0.1, 0.15) is 5.57 Å². The van der Waals surface area contributed by atoms with Crippen LogP contribution in [0.25, 0.3) is 6.08 Å². The molecule has 136 valence electrons. The Hall–Kier alpha value is -2.51. The van der Waals surface area contributed by atoms with Crippen molar-refractivity contribution in [3.05, 3.63) is 47.6 Å². The lowest BCUT2D eigenvalue weighted by molar-refractivity contribution is -0.128. The summed E-state index contributed by atoms with van der Waals surface area (Å²) in [4.78, 5) is 28.4. The normalized spacial score (nSPS) is 19.7. The molecule has 1 N–H and O–H groups in total. The van der Waals surface area contributed by atoms with Crippen LogP contribution in [0.15, 0.2) is 36.4 Å². The van der Waals surface area contributed by atoms with Crippen LogP contribution in [0, 0.1) is 6.92 Å². The predicted molar refractivity (Wildman–Crippen MR) is 105 cm³/mol. The zero-order chi connectivity index (χ0) is 18.7. The fourth-order valence-corrected chi connectivity index (χ4v) is 3.23. The number of carbonyl (C=O) groups is 2. The van der Waals surface area contributed by atoms with Crippen LogP contribution in [0.5, 0.6) is 0 Å². The first kappa shape index (κ1) is 18.3. The van der Waals surface area contributed by atoms with Gasteiger partial charge >= 0.3 is 0 Å². The average molecular weight is 371 g/mol. The Labute approximate surface area is 158 Å². The Morgan fingerprint density at radius 1 is 1.31 bits per heavy atom. The number of nitrogens with zero attached hydrogens (tertiary/aromatic N) is 2. The maximum atomic E-state index is 12.6. The van der Waals surface area contributed by atoms with Crippen molar-refractivity contribution >= 4 is 40.9 Å². The second-order valence-electron chi connectivity index (χ2n) is 6.16. The number of amides is 2. The minimum absolute atomic E-state index is 0.0719. The van der Waals surface area contributed by atoms with Gasteiger partial charge in [0.25, 0.3) is 11.8 Å². The molecule has 0 unspecified atom stereocenters. The Morgan fingerprint density at radius 3 is 2.69 bits per heavy atom. The van der Waals surface area contributed by atoms with Crippen molar-refractivity contribution in [3.63, 3.8) is 0 Å². The van der Waals surface area contributed by atoms with E-state index in [9.17, 15) is 9.59 Å². The van der Waals surface area contributed by atoms with Gasteiger partial charge in [-0.15, -0.1) is 6.58 Å². The quantitative estimate of drug-likeness (QED) is 0.377. The maximum Gasteiger partial charge on any atom is 0.265 e. The van der Waals surface area contributed by atoms with Crippen LogP contribution in [0.3, 0.4) is 0 Å². The van der Waals surface area contributed by atoms with Crippen molar-refractivity contribution in [1.82, 2.24) is 10.2 Å². The summed E-state index contributed by atoms with van der Waals surface area (Å²) in [5.74, 6) is -0.882. The number of hydrogen-bond donors (Lipinski definition) is 1. The second kappa shape index (κ2) is 7.80. The van der Waals surface area contributed by atoms with E-state index >= 15 is 0 Å². The lowest BCUT2D eigenvalue weighted by Crippen LogP contribution is -2.53. The molecule has 0 bridgehead atoms. The van der Waals surface area contributed by atoms with Crippen molar-refractivity contribution in [3.8, 4) is 0 Å². The van der Waals surface area contributed by atoms with Crippen molar-refractivity contribution in [2.75, 3.05) is 37.7 Å². The third kappa shape index (κ3) is 3.68. The number of hydrogen-bond acceptors (Lipinski definition) is 5. The van der Waals surface area contributed by atoms with E-state index in [1.165, 1.54) is 4.90 Å². The summed E-state index contributed by atoms with van der Waals surface area (Å²) >= 11 is 5.06. The van der Waals surface area contributed by atoms with Crippen molar-refractivity contribution in [2.45, 2.75) is 6.92 Å². The molecular weight excluding hydrogens is 350 g/mol. The summed E-state index contributed by atoms with van der Waals surface area (Å²) in [5.41, 5.74) is 3.00. The molecule has 0 aromatic heterocycles. The fraction of sp³-hybridized carbons (Fsp3) is 0.316. The maximum absolute atomic E-state index is 12.6. The SMILES string of the molecule is C=CCN1C(=O)/C(=C/c2ccc(N3CCOCC3)cc2C)C(=O)NC1=S. The highest BCUT2D eigenvalue weighted by Gasteiger charge is 2.32. The Morgan fingerprint density at radius 2 is 2.04 bits per heavy atom. The molecule has 2 aliphatic heterocycles. The molecule has 0 atom stereocenters. The smallest absolute Gasteiger partial charge is 0.265 e. The van der Waals surface area contributed by atoms with Crippen molar-refractivity contribution in [2.24, 2.45) is 0 Å². The average Bonchev–Trinajstić information content (AvgIpc) is 2.64. The molecule has 7 heteroatoms. The highest BCUT2D eigenvalue weighted by atomic mass is 32.1. The molecule has 6 nitrogen and oxygen atoms in total. The molecule has 1 aromatic rings.